The van der Waals surface area contributed by atoms with Crippen molar-refractivity contribution in [1.82, 2.24) is 9.80 Å². The molecular formula is C22H29N3O5S2. The summed E-state index contributed by atoms with van der Waals surface area (Å²) in [6.07, 6.45) is 6.21. The van der Waals surface area contributed by atoms with Crippen molar-refractivity contribution < 1.29 is 22.5 Å². The van der Waals surface area contributed by atoms with Crippen molar-refractivity contribution in [3.63, 3.8) is 0 Å². The Morgan fingerprint density at radius 2 is 1.75 bits per heavy atom. The fourth-order valence-electron chi connectivity index (χ4n) is 3.68. The van der Waals surface area contributed by atoms with Crippen LogP contribution in [0.5, 0.6) is 5.75 Å². The molecule has 2 heterocycles. The van der Waals surface area contributed by atoms with E-state index in [2.05, 4.69) is 6.92 Å². The van der Waals surface area contributed by atoms with Crippen LogP contribution in [0.1, 0.15) is 39.5 Å². The number of fused-ring (bicyclic) bond motifs is 1. The molecule has 1 amide bonds. The van der Waals surface area contributed by atoms with Crippen LogP contribution in [-0.2, 0) is 14.9 Å². The number of carbonyl (C=O) groups excluding carboxylic acids is 1. The van der Waals surface area contributed by atoms with Gasteiger partial charge in [-0.3, -0.25) is 14.2 Å². The van der Waals surface area contributed by atoms with Crippen molar-refractivity contribution in [2.24, 2.45) is 0 Å². The number of amides is 1. The molecule has 174 valence electrons. The second kappa shape index (κ2) is 10.5. The van der Waals surface area contributed by atoms with Gasteiger partial charge in [-0.15, -0.1) is 0 Å². The summed E-state index contributed by atoms with van der Waals surface area (Å²) in [5, 5.41) is 0.522. The lowest BCUT2D eigenvalue weighted by Gasteiger charge is -2.19. The Bertz CT molecular complexity index is 1040. The summed E-state index contributed by atoms with van der Waals surface area (Å²) in [6, 6.07) is 7.56. The van der Waals surface area contributed by atoms with Gasteiger partial charge in [0.05, 0.1) is 11.4 Å². The van der Waals surface area contributed by atoms with Gasteiger partial charge in [-0.2, -0.15) is 8.42 Å². The summed E-state index contributed by atoms with van der Waals surface area (Å²) in [7, 11) is -3.98. The highest BCUT2D eigenvalue weighted by Crippen LogP contribution is 2.39. The topological polar surface area (TPSA) is 90.4 Å². The predicted molar refractivity (Wildman–Crippen MR) is 128 cm³/mol. The van der Waals surface area contributed by atoms with Crippen LogP contribution in [0.3, 0.4) is 0 Å². The lowest BCUT2D eigenvalue weighted by molar-refractivity contribution is -0.122. The number of thiocarbonyl (C=S) groups is 1. The Labute approximate surface area is 194 Å². The summed E-state index contributed by atoms with van der Waals surface area (Å²) in [5.74, 6) is 0.846. The molecule has 0 atom stereocenters. The lowest BCUT2D eigenvalue weighted by Crippen LogP contribution is -2.33. The van der Waals surface area contributed by atoms with Gasteiger partial charge in [0.1, 0.15) is 5.70 Å². The van der Waals surface area contributed by atoms with Crippen molar-refractivity contribution >= 4 is 39.0 Å². The number of carbonyl (C=O) groups is 1. The Balaban J connectivity index is 1.82. The number of allylic oxidation sites excluding steroid dienone is 2. The number of unbranched alkanes of at least 4 members (excludes halogenated alkanes) is 2. The van der Waals surface area contributed by atoms with Crippen LogP contribution in [0, 0.1) is 0 Å². The number of anilines is 1. The molecule has 0 spiro atoms. The summed E-state index contributed by atoms with van der Waals surface area (Å²) in [6.45, 7) is 5.71. The van der Waals surface area contributed by atoms with Crippen LogP contribution >= 0.6 is 12.2 Å². The minimum absolute atomic E-state index is 0.114. The van der Waals surface area contributed by atoms with Crippen LogP contribution in [-0.4, -0.2) is 59.2 Å². The molecule has 0 unspecified atom stereocenters. The number of benzene rings is 1. The highest BCUT2D eigenvalue weighted by atomic mass is 32.2. The Morgan fingerprint density at radius 1 is 1.03 bits per heavy atom. The van der Waals surface area contributed by atoms with E-state index >= 15 is 0 Å². The molecule has 32 heavy (non-hydrogen) atoms. The average molecular weight is 480 g/mol. The smallest absolute Gasteiger partial charge is 0.276 e. The Hall–Kier alpha value is -2.43. The second-order valence-corrected chi connectivity index (χ2v) is 9.55. The first-order valence-corrected chi connectivity index (χ1v) is 12.8. The third kappa shape index (κ3) is 5.48. The van der Waals surface area contributed by atoms with Gasteiger partial charge in [0, 0.05) is 25.7 Å². The first-order chi connectivity index (χ1) is 15.3. The molecule has 2 aliphatic rings. The third-order valence-electron chi connectivity index (χ3n) is 5.32. The van der Waals surface area contributed by atoms with E-state index in [0.717, 1.165) is 18.5 Å². The standard InChI is InChI=1S/C22H29N3O5S2/c1-3-5-14-25-21(26)18(23(4-2)22(25)31)12-13-20-24(15-8-9-16-32(27,28)29)17-10-6-7-11-19(17)30-20/h6-7,10-13H,3-5,8-9,14-16H2,1-2H3,(H,27,28,29)/b18-12?,20-13+. The molecule has 0 aromatic heterocycles. The van der Waals surface area contributed by atoms with E-state index in [0.29, 0.717) is 54.9 Å². The van der Waals surface area contributed by atoms with E-state index in [4.69, 9.17) is 21.5 Å². The number of para-hydroxylation sites is 2. The molecule has 8 nitrogen and oxygen atoms in total. The molecule has 1 N–H and O–H groups in total. The van der Waals surface area contributed by atoms with Gasteiger partial charge in [0.2, 0.25) is 5.88 Å². The number of nitrogens with zero attached hydrogens (tertiary/aromatic N) is 3. The minimum Gasteiger partial charge on any atom is -0.439 e. The second-order valence-electron chi connectivity index (χ2n) is 7.61. The van der Waals surface area contributed by atoms with E-state index in [1.54, 1.807) is 17.1 Å². The van der Waals surface area contributed by atoms with Crippen molar-refractivity contribution in [1.29, 1.82) is 0 Å². The summed E-state index contributed by atoms with van der Waals surface area (Å²) < 4.78 is 36.9. The first-order valence-electron chi connectivity index (χ1n) is 10.8. The van der Waals surface area contributed by atoms with E-state index in [-0.39, 0.29) is 11.7 Å². The van der Waals surface area contributed by atoms with Crippen LogP contribution in [0.15, 0.2) is 48.0 Å². The number of likely N-dealkylation sites (N-methyl/N-ethyl adjacent to an activating group) is 1. The highest BCUT2D eigenvalue weighted by molar-refractivity contribution is 7.85. The molecule has 1 aromatic carbocycles. The number of hydrogen-bond acceptors (Lipinski definition) is 6. The summed E-state index contributed by atoms with van der Waals surface area (Å²) in [5.41, 5.74) is 1.38. The molecule has 0 saturated carbocycles. The van der Waals surface area contributed by atoms with Gasteiger partial charge in [-0.25, -0.2) is 0 Å². The van der Waals surface area contributed by atoms with Gasteiger partial charge in [0.25, 0.3) is 16.0 Å². The molecular weight excluding hydrogens is 450 g/mol. The minimum atomic E-state index is -3.98. The van der Waals surface area contributed by atoms with Crippen LogP contribution < -0.4 is 9.64 Å². The van der Waals surface area contributed by atoms with Crippen molar-refractivity contribution in [2.45, 2.75) is 39.5 Å². The Kier molecular flexibility index (Phi) is 7.91. The van der Waals surface area contributed by atoms with Gasteiger partial charge >= 0.3 is 0 Å². The summed E-state index contributed by atoms with van der Waals surface area (Å²) in [4.78, 5) is 18.4. The zero-order chi connectivity index (χ0) is 23.3. The summed E-state index contributed by atoms with van der Waals surface area (Å²) >= 11 is 5.52. The molecule has 0 bridgehead atoms. The third-order valence-corrected chi connectivity index (χ3v) is 6.57. The predicted octanol–water partition coefficient (Wildman–Crippen LogP) is 3.53. The largest absolute Gasteiger partial charge is 0.439 e. The highest BCUT2D eigenvalue weighted by Gasteiger charge is 2.36. The SMILES string of the molecule is CCCCN1C(=O)C(=C/C=C2/Oc3ccccc3N2CCCCS(=O)(=O)O)N(CC)C1=S. The molecule has 0 aliphatic carbocycles. The van der Waals surface area contributed by atoms with Crippen LogP contribution in [0.2, 0.25) is 0 Å². The number of ether oxygens (including phenoxy) is 1. The fraction of sp³-hybridized carbons (Fsp3) is 0.455. The van der Waals surface area contributed by atoms with Crippen molar-refractivity contribution in [3.05, 3.63) is 48.0 Å². The van der Waals surface area contributed by atoms with Crippen molar-refractivity contribution in [3.8, 4) is 5.75 Å². The molecule has 2 aliphatic heterocycles. The van der Waals surface area contributed by atoms with Crippen molar-refractivity contribution in [2.75, 3.05) is 30.3 Å². The molecule has 10 heteroatoms. The number of hydrogen-bond donors (Lipinski definition) is 1. The molecule has 1 saturated heterocycles. The first kappa shape index (κ1) is 24.2. The maximum atomic E-state index is 13.0. The monoisotopic (exact) mass is 479 g/mol. The van der Waals surface area contributed by atoms with Gasteiger partial charge in [-0.1, -0.05) is 25.5 Å². The van der Waals surface area contributed by atoms with E-state index in [9.17, 15) is 13.2 Å². The Morgan fingerprint density at radius 3 is 2.44 bits per heavy atom. The lowest BCUT2D eigenvalue weighted by atomic mass is 10.2. The van der Waals surface area contributed by atoms with Crippen LogP contribution in [0.25, 0.3) is 0 Å². The number of rotatable bonds is 10. The van der Waals surface area contributed by atoms with E-state index in [1.165, 1.54) is 0 Å². The molecule has 1 fully saturated rings. The van der Waals surface area contributed by atoms with Gasteiger partial charge in [-0.05, 0) is 56.6 Å². The van der Waals surface area contributed by atoms with Gasteiger partial charge < -0.3 is 14.5 Å². The zero-order valence-electron chi connectivity index (χ0n) is 18.4. The maximum absolute atomic E-state index is 13.0. The quantitative estimate of drug-likeness (QED) is 0.236. The van der Waals surface area contributed by atoms with Crippen LogP contribution in [0.4, 0.5) is 5.69 Å². The average Bonchev–Trinajstić information content (AvgIpc) is 3.21. The molecule has 3 rings (SSSR count). The maximum Gasteiger partial charge on any atom is 0.276 e. The van der Waals surface area contributed by atoms with E-state index < -0.39 is 10.1 Å². The molecule has 0 radical (unpaired) electrons. The molecule has 1 aromatic rings. The zero-order valence-corrected chi connectivity index (χ0v) is 20.0. The van der Waals surface area contributed by atoms with E-state index in [1.807, 2.05) is 41.0 Å². The normalized spacial score (nSPS) is 18.8. The van der Waals surface area contributed by atoms with Gasteiger partial charge in [0.15, 0.2) is 10.9 Å². The fourth-order valence-corrected chi connectivity index (χ4v) is 4.65.